The van der Waals surface area contributed by atoms with Crippen LogP contribution in [0.4, 0.5) is 0 Å². The Morgan fingerprint density at radius 2 is 0.818 bits per heavy atom. The fraction of sp³-hybridized carbons (Fsp3) is 1.00. The molecule has 0 aromatic heterocycles. The zero-order valence-corrected chi connectivity index (χ0v) is 17.8. The van der Waals surface area contributed by atoms with E-state index < -0.39 is 5.96 Å². The van der Waals surface area contributed by atoms with E-state index in [-0.39, 0.29) is 0 Å². The molecule has 0 spiro atoms. The third kappa shape index (κ3) is 9.77. The summed E-state index contributed by atoms with van der Waals surface area (Å²) in [6.45, 7) is 9.27. The van der Waals surface area contributed by atoms with Gasteiger partial charge in [0, 0.05) is 0 Å². The van der Waals surface area contributed by atoms with Crippen LogP contribution in [-0.4, -0.2) is 24.6 Å². The Hall–Kier alpha value is 0.720. The van der Waals surface area contributed by atoms with Crippen LogP contribution in [0.2, 0.25) is 0 Å². The van der Waals surface area contributed by atoms with Crippen molar-refractivity contribution >= 4 is 17.2 Å². The molecule has 0 saturated carbocycles. The second kappa shape index (κ2) is 13.1. The summed E-state index contributed by atoms with van der Waals surface area (Å²) in [6, 6.07) is 0. The third-order valence-corrected chi connectivity index (χ3v) is 13.3. The first-order chi connectivity index (χ1) is 10.5. The van der Waals surface area contributed by atoms with Crippen LogP contribution in [0, 0.1) is 0 Å². The fourth-order valence-corrected chi connectivity index (χ4v) is 11.8. The average molecular weight is 351 g/mol. The van der Waals surface area contributed by atoms with E-state index >= 15 is 0 Å². The van der Waals surface area contributed by atoms with Crippen LogP contribution >= 0.6 is 17.2 Å². The van der Waals surface area contributed by atoms with Gasteiger partial charge >= 0.3 is 147 Å². The predicted molar refractivity (Wildman–Crippen MR) is 110 cm³/mol. The standard InChI is InChI=1S/C20H44ClP/c1-5-9-10-11-12-13-14-15-16-20-22(21,17-6-2,18-7-3)19-8-4/h5-20H2,1-4H3. The Balaban J connectivity index is 4.03. The number of halogens is 1. The number of unbranched alkanes of at least 4 members (excludes halogenated alkanes) is 8. The minimum absolute atomic E-state index is 1.28. The van der Waals surface area contributed by atoms with Crippen molar-refractivity contribution in [2.24, 2.45) is 0 Å². The molecule has 0 atom stereocenters. The molecule has 22 heavy (non-hydrogen) atoms. The third-order valence-electron chi connectivity index (χ3n) is 5.17. The Morgan fingerprint density at radius 3 is 1.18 bits per heavy atom. The zero-order chi connectivity index (χ0) is 16.8. The number of hydrogen-bond acceptors (Lipinski definition) is 0. The molecule has 0 saturated heterocycles. The van der Waals surface area contributed by atoms with Gasteiger partial charge in [0.2, 0.25) is 0 Å². The molecule has 0 aliphatic carbocycles. The molecule has 2 heteroatoms. The van der Waals surface area contributed by atoms with Crippen LogP contribution in [0.3, 0.4) is 0 Å². The van der Waals surface area contributed by atoms with Crippen molar-refractivity contribution in [3.63, 3.8) is 0 Å². The van der Waals surface area contributed by atoms with E-state index in [1.54, 1.807) is 0 Å². The van der Waals surface area contributed by atoms with Gasteiger partial charge in [0.25, 0.3) is 0 Å². The monoisotopic (exact) mass is 350 g/mol. The molecule has 0 aliphatic rings. The van der Waals surface area contributed by atoms with Crippen molar-refractivity contribution in [2.75, 3.05) is 24.6 Å². The first-order valence-electron chi connectivity index (χ1n) is 10.3. The van der Waals surface area contributed by atoms with Gasteiger partial charge in [-0.3, -0.25) is 0 Å². The molecular formula is C20H44ClP. The molecule has 0 N–H and O–H groups in total. The van der Waals surface area contributed by atoms with Crippen molar-refractivity contribution in [3.8, 4) is 0 Å². The summed E-state index contributed by atoms with van der Waals surface area (Å²) in [5, 5.41) is 0. The molecule has 0 unspecified atom stereocenters. The summed E-state index contributed by atoms with van der Waals surface area (Å²) in [4.78, 5) is 0. The van der Waals surface area contributed by atoms with Crippen LogP contribution in [0.15, 0.2) is 0 Å². The van der Waals surface area contributed by atoms with E-state index in [2.05, 4.69) is 27.7 Å². The summed E-state index contributed by atoms with van der Waals surface area (Å²) >= 11 is 7.43. The molecule has 0 aliphatic heterocycles. The normalized spacial score (nSPS) is 14.0. The van der Waals surface area contributed by atoms with Gasteiger partial charge in [-0.05, 0) is 0 Å². The minimum atomic E-state index is -1.89. The molecule has 0 fully saturated rings. The average Bonchev–Trinajstić information content (AvgIpc) is 2.46. The Kier molecular flexibility index (Phi) is 13.5. The molecule has 0 nitrogen and oxygen atoms in total. The van der Waals surface area contributed by atoms with Gasteiger partial charge in [0.1, 0.15) is 0 Å². The maximum absolute atomic E-state index is 7.43. The summed E-state index contributed by atoms with van der Waals surface area (Å²) in [5.41, 5.74) is 0. The summed E-state index contributed by atoms with van der Waals surface area (Å²) in [6.07, 6.45) is 22.0. The van der Waals surface area contributed by atoms with Crippen molar-refractivity contribution in [2.45, 2.75) is 105 Å². The fourth-order valence-electron chi connectivity index (χ4n) is 4.17. The van der Waals surface area contributed by atoms with Crippen LogP contribution in [0.1, 0.15) is 105 Å². The van der Waals surface area contributed by atoms with Gasteiger partial charge in [-0.1, -0.05) is 0 Å². The van der Waals surface area contributed by atoms with Crippen LogP contribution in [-0.2, 0) is 0 Å². The molecule has 136 valence electrons. The van der Waals surface area contributed by atoms with Crippen LogP contribution in [0.5, 0.6) is 0 Å². The van der Waals surface area contributed by atoms with E-state index in [9.17, 15) is 0 Å². The van der Waals surface area contributed by atoms with Crippen LogP contribution < -0.4 is 0 Å². The van der Waals surface area contributed by atoms with Gasteiger partial charge in [-0.2, -0.15) is 0 Å². The van der Waals surface area contributed by atoms with Crippen LogP contribution in [0.25, 0.3) is 0 Å². The van der Waals surface area contributed by atoms with Gasteiger partial charge in [0.05, 0.1) is 0 Å². The first-order valence-corrected chi connectivity index (χ1v) is 14.1. The summed E-state index contributed by atoms with van der Waals surface area (Å²) in [5.74, 6) is -1.89. The molecule has 0 rings (SSSR count). The van der Waals surface area contributed by atoms with Crippen molar-refractivity contribution in [3.05, 3.63) is 0 Å². The molecule has 0 heterocycles. The molecule has 0 aromatic rings. The Morgan fingerprint density at radius 1 is 0.455 bits per heavy atom. The topological polar surface area (TPSA) is 0 Å². The molecule has 0 bridgehead atoms. The Bertz CT molecular complexity index is 232. The maximum atomic E-state index is 7.43. The predicted octanol–water partition coefficient (Wildman–Crippen LogP) is 8.45. The molecule has 0 aromatic carbocycles. The van der Waals surface area contributed by atoms with Gasteiger partial charge < -0.3 is 0 Å². The van der Waals surface area contributed by atoms with Crippen molar-refractivity contribution in [1.82, 2.24) is 0 Å². The van der Waals surface area contributed by atoms with Crippen molar-refractivity contribution in [1.29, 1.82) is 0 Å². The van der Waals surface area contributed by atoms with E-state index in [1.807, 2.05) is 0 Å². The summed E-state index contributed by atoms with van der Waals surface area (Å²) in [7, 11) is 0. The van der Waals surface area contributed by atoms with E-state index in [1.165, 1.54) is 102 Å². The Labute approximate surface area is 146 Å². The number of rotatable bonds is 16. The summed E-state index contributed by atoms with van der Waals surface area (Å²) < 4.78 is 0. The second-order valence-corrected chi connectivity index (χ2v) is 15.8. The molecule has 0 amide bonds. The van der Waals surface area contributed by atoms with Crippen molar-refractivity contribution < 1.29 is 0 Å². The van der Waals surface area contributed by atoms with Gasteiger partial charge in [-0.25, -0.2) is 0 Å². The van der Waals surface area contributed by atoms with E-state index in [0.29, 0.717) is 0 Å². The SMILES string of the molecule is CCCCCCCCCCCP(Cl)(CCC)(CCC)CCC. The zero-order valence-electron chi connectivity index (χ0n) is 16.1. The van der Waals surface area contributed by atoms with E-state index in [0.717, 1.165) is 0 Å². The first kappa shape index (κ1) is 22.7. The second-order valence-electron chi connectivity index (χ2n) is 7.54. The molecular weight excluding hydrogens is 307 g/mol. The number of hydrogen-bond donors (Lipinski definition) is 0. The quantitative estimate of drug-likeness (QED) is 0.193. The van der Waals surface area contributed by atoms with Gasteiger partial charge in [0.15, 0.2) is 0 Å². The van der Waals surface area contributed by atoms with E-state index in [4.69, 9.17) is 11.2 Å². The van der Waals surface area contributed by atoms with Gasteiger partial charge in [-0.15, -0.1) is 0 Å². The molecule has 0 radical (unpaired) electrons.